The Kier molecular flexibility index (Phi) is 8.49. The molecule has 0 fully saturated rings. The Labute approximate surface area is 413 Å². The van der Waals surface area contributed by atoms with E-state index in [1.165, 1.54) is 55.6 Å². The summed E-state index contributed by atoms with van der Waals surface area (Å²) in [6, 6.07) is 95.3. The first-order chi connectivity index (χ1) is 35.2. The maximum atomic E-state index is 6.78. The maximum absolute atomic E-state index is 6.78. The maximum Gasteiger partial charge on any atom is 0.132 e. The van der Waals surface area contributed by atoms with Crippen molar-refractivity contribution >= 4 is 17.1 Å². The van der Waals surface area contributed by atoms with Gasteiger partial charge in [-0.3, -0.25) is 0 Å². The molecule has 0 atom stereocenters. The molecule has 2 spiro atoms. The zero-order chi connectivity index (χ0) is 46.7. The molecule has 0 N–H and O–H groups in total. The van der Waals surface area contributed by atoms with Crippen LogP contribution >= 0.6 is 0 Å². The van der Waals surface area contributed by atoms with Gasteiger partial charge in [-0.1, -0.05) is 212 Å². The van der Waals surface area contributed by atoms with Gasteiger partial charge in [-0.05, 0) is 104 Å². The van der Waals surface area contributed by atoms with Gasteiger partial charge in [-0.25, -0.2) is 0 Å². The summed E-state index contributed by atoms with van der Waals surface area (Å²) in [6.45, 7) is 0. The third kappa shape index (κ3) is 5.43. The Bertz CT molecular complexity index is 3870. The van der Waals surface area contributed by atoms with Gasteiger partial charge in [0.25, 0.3) is 0 Å². The fourth-order valence-corrected chi connectivity index (χ4v) is 12.8. The van der Waals surface area contributed by atoms with Crippen molar-refractivity contribution in [2.24, 2.45) is 0 Å². The highest BCUT2D eigenvalue weighted by atomic mass is 16.5. The van der Waals surface area contributed by atoms with E-state index in [1.807, 2.05) is 0 Å². The van der Waals surface area contributed by atoms with Crippen LogP contribution in [0.3, 0.4) is 0 Å². The summed E-state index contributed by atoms with van der Waals surface area (Å²) in [5.41, 5.74) is 21.0. The first kappa shape index (κ1) is 39.8. The summed E-state index contributed by atoms with van der Waals surface area (Å²) in [7, 11) is 0. The molecule has 11 aromatic rings. The number of para-hydroxylation sites is 5. The van der Waals surface area contributed by atoms with Gasteiger partial charge in [0.1, 0.15) is 23.0 Å². The highest BCUT2D eigenvalue weighted by Gasteiger charge is 2.53. The molecule has 0 unspecified atom stereocenters. The molecule has 0 amide bonds. The molecule has 332 valence electrons. The second-order valence-corrected chi connectivity index (χ2v) is 19.0. The van der Waals surface area contributed by atoms with Crippen LogP contribution in [0.5, 0.6) is 23.0 Å². The van der Waals surface area contributed by atoms with Gasteiger partial charge in [0.2, 0.25) is 0 Å². The van der Waals surface area contributed by atoms with Gasteiger partial charge < -0.3 is 14.4 Å². The summed E-state index contributed by atoms with van der Waals surface area (Å²) in [4.78, 5) is 2.54. The van der Waals surface area contributed by atoms with Gasteiger partial charge in [0.15, 0.2) is 0 Å². The smallest absolute Gasteiger partial charge is 0.132 e. The lowest BCUT2D eigenvalue weighted by molar-refractivity contribution is 0.436. The van der Waals surface area contributed by atoms with E-state index in [4.69, 9.17) is 9.47 Å². The first-order valence-corrected chi connectivity index (χ1v) is 24.5. The van der Waals surface area contributed by atoms with Gasteiger partial charge in [-0.2, -0.15) is 0 Å². The molecular weight excluding hydrogens is 863 g/mol. The third-order valence-corrected chi connectivity index (χ3v) is 15.6. The number of fused-ring (bicyclic) bond motifs is 18. The molecule has 0 saturated heterocycles. The van der Waals surface area contributed by atoms with E-state index in [0.29, 0.717) is 0 Å². The van der Waals surface area contributed by atoms with E-state index in [1.54, 1.807) is 0 Å². The minimum atomic E-state index is -0.642. The minimum Gasteiger partial charge on any atom is -0.457 e. The predicted octanol–water partition coefficient (Wildman–Crippen LogP) is 17.4. The Morgan fingerprint density at radius 3 is 1.27 bits per heavy atom. The molecule has 0 saturated carbocycles. The van der Waals surface area contributed by atoms with Crippen LogP contribution in [0.25, 0.3) is 44.5 Å². The van der Waals surface area contributed by atoms with Gasteiger partial charge in [0, 0.05) is 39.1 Å². The van der Waals surface area contributed by atoms with Crippen LogP contribution in [0.4, 0.5) is 17.1 Å². The van der Waals surface area contributed by atoms with Crippen LogP contribution in [0.15, 0.2) is 261 Å². The zero-order valence-electron chi connectivity index (χ0n) is 38.6. The quantitative estimate of drug-likeness (QED) is 0.172. The van der Waals surface area contributed by atoms with Crippen molar-refractivity contribution in [2.45, 2.75) is 10.8 Å². The van der Waals surface area contributed by atoms with Crippen molar-refractivity contribution in [3.8, 4) is 67.5 Å². The number of anilines is 3. The molecular formula is C68H43NO2. The molecule has 3 nitrogen and oxygen atoms in total. The molecule has 71 heavy (non-hydrogen) atoms. The minimum absolute atomic E-state index is 0.634. The molecule has 2 aliphatic carbocycles. The van der Waals surface area contributed by atoms with Crippen molar-refractivity contribution in [1.29, 1.82) is 0 Å². The number of ether oxygens (including phenoxy) is 2. The summed E-state index contributed by atoms with van der Waals surface area (Å²) in [6.07, 6.45) is 0. The lowest BCUT2D eigenvalue weighted by atomic mass is 9.66. The average Bonchev–Trinajstić information content (AvgIpc) is 3.90. The summed E-state index contributed by atoms with van der Waals surface area (Å²) < 4.78 is 13.5. The van der Waals surface area contributed by atoms with Crippen molar-refractivity contribution < 1.29 is 9.47 Å². The second-order valence-electron chi connectivity index (χ2n) is 19.0. The standard InChI is InChI=1S/C68H43NO2/c1-2-19-44(20-3-1)45-37-39-46(40-38-45)48-21-6-13-31-60(48)69(47-41-42-50-49-22-4-7-24-52(49)68(59(50)43-47)56-28-11-16-35-64(56)71-65-36-17-12-29-57(65)68)61-32-18-30-58-66(61)51-23-5-8-25-53(51)67(58)54-26-9-14-33-62(54)70-63-34-15-10-27-55(63)67/h1-43H. The van der Waals surface area contributed by atoms with E-state index in [-0.39, 0.29) is 0 Å². The number of hydrogen-bond donors (Lipinski definition) is 0. The van der Waals surface area contributed by atoms with Crippen molar-refractivity contribution in [1.82, 2.24) is 0 Å². The Morgan fingerprint density at radius 2 is 0.662 bits per heavy atom. The summed E-state index contributed by atoms with van der Waals surface area (Å²) in [5.74, 6) is 3.50. The molecule has 0 bridgehead atoms. The fraction of sp³-hybridized carbons (Fsp3) is 0.0294. The fourth-order valence-electron chi connectivity index (χ4n) is 12.8. The molecule has 0 radical (unpaired) electrons. The topological polar surface area (TPSA) is 21.7 Å². The largest absolute Gasteiger partial charge is 0.457 e. The molecule has 2 aliphatic heterocycles. The molecule has 0 aromatic heterocycles. The number of benzene rings is 11. The average molecular weight is 906 g/mol. The van der Waals surface area contributed by atoms with Crippen molar-refractivity contribution in [3.63, 3.8) is 0 Å². The van der Waals surface area contributed by atoms with Gasteiger partial charge in [-0.15, -0.1) is 0 Å². The highest BCUT2D eigenvalue weighted by molar-refractivity contribution is 6.01. The van der Waals surface area contributed by atoms with Crippen LogP contribution < -0.4 is 14.4 Å². The highest BCUT2D eigenvalue weighted by Crippen LogP contribution is 2.66. The summed E-state index contributed by atoms with van der Waals surface area (Å²) >= 11 is 0. The second kappa shape index (κ2) is 15.2. The molecule has 2 heterocycles. The molecule has 3 heteroatoms. The number of rotatable bonds is 5. The lowest BCUT2D eigenvalue weighted by Gasteiger charge is -2.40. The van der Waals surface area contributed by atoms with Crippen LogP contribution in [-0.4, -0.2) is 0 Å². The van der Waals surface area contributed by atoms with Crippen LogP contribution in [0.2, 0.25) is 0 Å². The Balaban J connectivity index is 1.03. The molecule has 15 rings (SSSR count). The zero-order valence-corrected chi connectivity index (χ0v) is 38.6. The lowest BCUT2D eigenvalue weighted by Crippen LogP contribution is -2.32. The van der Waals surface area contributed by atoms with Crippen LogP contribution in [0.1, 0.15) is 44.5 Å². The Hall–Kier alpha value is -9.18. The van der Waals surface area contributed by atoms with Crippen molar-refractivity contribution in [2.75, 3.05) is 4.90 Å². The number of nitrogens with zero attached hydrogens (tertiary/aromatic N) is 1. The van der Waals surface area contributed by atoms with Crippen LogP contribution in [0, 0.1) is 0 Å². The predicted molar refractivity (Wildman–Crippen MR) is 287 cm³/mol. The molecule has 11 aromatic carbocycles. The SMILES string of the molecule is c1ccc(-c2ccc(-c3ccccc3N(c3ccc4c(c3)C3(c5ccccc5Oc5ccccc53)c3ccccc3-4)c3cccc4c3-c3ccccc3C43c4ccccc4Oc4ccccc43)cc2)cc1. The van der Waals surface area contributed by atoms with E-state index in [0.717, 1.165) is 73.4 Å². The van der Waals surface area contributed by atoms with E-state index in [9.17, 15) is 0 Å². The monoisotopic (exact) mass is 905 g/mol. The molecule has 4 aliphatic rings. The van der Waals surface area contributed by atoms with Crippen LogP contribution in [-0.2, 0) is 10.8 Å². The third-order valence-electron chi connectivity index (χ3n) is 15.6. The Morgan fingerprint density at radius 1 is 0.254 bits per heavy atom. The van der Waals surface area contributed by atoms with E-state index < -0.39 is 10.8 Å². The normalized spacial score (nSPS) is 14.1. The van der Waals surface area contributed by atoms with E-state index >= 15 is 0 Å². The van der Waals surface area contributed by atoms with Crippen molar-refractivity contribution in [3.05, 3.63) is 305 Å². The summed E-state index contributed by atoms with van der Waals surface area (Å²) in [5, 5.41) is 0. The van der Waals surface area contributed by atoms with Gasteiger partial charge in [0.05, 0.1) is 22.2 Å². The van der Waals surface area contributed by atoms with E-state index in [2.05, 4.69) is 266 Å². The number of hydrogen-bond acceptors (Lipinski definition) is 3. The van der Waals surface area contributed by atoms with Gasteiger partial charge >= 0.3 is 0 Å². The first-order valence-electron chi connectivity index (χ1n) is 24.5.